The van der Waals surface area contributed by atoms with Crippen molar-refractivity contribution in [2.45, 2.75) is 39.8 Å². The number of carbonyl (C=O) groups excluding carboxylic acids is 2. The Bertz CT molecular complexity index is 759. The first-order valence-electron chi connectivity index (χ1n) is 8.78. The third kappa shape index (κ3) is 5.43. The molecule has 4 nitrogen and oxygen atoms in total. The number of aryl methyl sites for hydroxylation is 1. The summed E-state index contributed by atoms with van der Waals surface area (Å²) in [6, 6.07) is 15.1. The van der Waals surface area contributed by atoms with E-state index in [9.17, 15) is 9.59 Å². The van der Waals surface area contributed by atoms with Gasteiger partial charge in [0.15, 0.2) is 0 Å². The number of halogens is 1. The molecule has 0 aliphatic rings. The van der Waals surface area contributed by atoms with Crippen molar-refractivity contribution in [2.75, 3.05) is 6.54 Å². The van der Waals surface area contributed by atoms with Crippen molar-refractivity contribution in [3.8, 4) is 0 Å². The average molecular weight is 417 g/mol. The summed E-state index contributed by atoms with van der Waals surface area (Å²) >= 11 is 3.42. The average Bonchev–Trinajstić information content (AvgIpc) is 2.62. The van der Waals surface area contributed by atoms with E-state index in [1.807, 2.05) is 62.4 Å². The predicted molar refractivity (Wildman–Crippen MR) is 108 cm³/mol. The molecule has 0 saturated carbocycles. The van der Waals surface area contributed by atoms with Gasteiger partial charge in [0.2, 0.25) is 11.8 Å². The monoisotopic (exact) mass is 416 g/mol. The van der Waals surface area contributed by atoms with Gasteiger partial charge in [-0.25, -0.2) is 0 Å². The SMILES string of the molecule is CCNC(=O)C(C)N(Cc1ccc(Br)cc1)C(=O)Cc1ccccc1C. The van der Waals surface area contributed by atoms with Crippen LogP contribution < -0.4 is 5.32 Å². The Kier molecular flexibility index (Phi) is 7.39. The lowest BCUT2D eigenvalue weighted by Crippen LogP contribution is -2.48. The second-order valence-electron chi connectivity index (χ2n) is 6.32. The number of nitrogens with one attached hydrogen (secondary N) is 1. The molecular formula is C21H25BrN2O2. The fourth-order valence-electron chi connectivity index (χ4n) is 2.76. The Morgan fingerprint density at radius 3 is 2.38 bits per heavy atom. The number of likely N-dealkylation sites (N-methyl/N-ethyl adjacent to an activating group) is 1. The third-order valence-corrected chi connectivity index (χ3v) is 4.92. The van der Waals surface area contributed by atoms with Crippen LogP contribution in [-0.2, 0) is 22.6 Å². The molecule has 2 aromatic carbocycles. The number of hydrogen-bond donors (Lipinski definition) is 1. The lowest BCUT2D eigenvalue weighted by atomic mass is 10.0. The largest absolute Gasteiger partial charge is 0.355 e. The molecule has 5 heteroatoms. The van der Waals surface area contributed by atoms with E-state index < -0.39 is 6.04 Å². The first-order chi connectivity index (χ1) is 12.4. The number of benzene rings is 2. The molecule has 0 bridgehead atoms. The minimum absolute atomic E-state index is 0.0547. The predicted octanol–water partition coefficient (Wildman–Crippen LogP) is 3.85. The van der Waals surface area contributed by atoms with Crippen LogP contribution in [0.5, 0.6) is 0 Å². The first-order valence-corrected chi connectivity index (χ1v) is 9.57. The minimum Gasteiger partial charge on any atom is -0.355 e. The highest BCUT2D eigenvalue weighted by Gasteiger charge is 2.26. The van der Waals surface area contributed by atoms with Gasteiger partial charge in [-0.15, -0.1) is 0 Å². The van der Waals surface area contributed by atoms with Crippen molar-refractivity contribution in [1.29, 1.82) is 0 Å². The van der Waals surface area contributed by atoms with Crippen molar-refractivity contribution in [2.24, 2.45) is 0 Å². The molecule has 2 rings (SSSR count). The molecule has 0 radical (unpaired) electrons. The molecule has 0 fully saturated rings. The van der Waals surface area contributed by atoms with E-state index >= 15 is 0 Å². The number of amides is 2. The molecule has 0 saturated heterocycles. The van der Waals surface area contributed by atoms with Crippen molar-refractivity contribution in [1.82, 2.24) is 10.2 Å². The van der Waals surface area contributed by atoms with E-state index in [4.69, 9.17) is 0 Å². The van der Waals surface area contributed by atoms with Gasteiger partial charge in [-0.3, -0.25) is 9.59 Å². The second-order valence-corrected chi connectivity index (χ2v) is 7.24. The van der Waals surface area contributed by atoms with Gasteiger partial charge in [0.1, 0.15) is 6.04 Å². The summed E-state index contributed by atoms with van der Waals surface area (Å²) in [5, 5.41) is 2.81. The zero-order valence-electron chi connectivity index (χ0n) is 15.5. The van der Waals surface area contributed by atoms with Crippen molar-refractivity contribution >= 4 is 27.7 Å². The highest BCUT2D eigenvalue weighted by Crippen LogP contribution is 2.16. The zero-order chi connectivity index (χ0) is 19.1. The third-order valence-electron chi connectivity index (χ3n) is 4.39. The number of nitrogens with zero attached hydrogens (tertiary/aromatic N) is 1. The fourth-order valence-corrected chi connectivity index (χ4v) is 3.03. The van der Waals surface area contributed by atoms with Gasteiger partial charge >= 0.3 is 0 Å². The summed E-state index contributed by atoms with van der Waals surface area (Å²) in [5.74, 6) is -0.191. The maximum atomic E-state index is 13.0. The van der Waals surface area contributed by atoms with E-state index in [2.05, 4.69) is 21.2 Å². The van der Waals surface area contributed by atoms with Gasteiger partial charge in [0, 0.05) is 17.6 Å². The maximum Gasteiger partial charge on any atom is 0.242 e. The highest BCUT2D eigenvalue weighted by molar-refractivity contribution is 9.10. The molecule has 2 amide bonds. The minimum atomic E-state index is -0.532. The summed E-state index contributed by atoms with van der Waals surface area (Å²) in [7, 11) is 0. The molecule has 0 heterocycles. The molecule has 1 atom stereocenters. The Hall–Kier alpha value is -2.14. The van der Waals surface area contributed by atoms with Crippen LogP contribution in [0.3, 0.4) is 0 Å². The van der Waals surface area contributed by atoms with Gasteiger partial charge in [0.05, 0.1) is 6.42 Å². The van der Waals surface area contributed by atoms with Crippen LogP contribution in [0.1, 0.15) is 30.5 Å². The highest BCUT2D eigenvalue weighted by atomic mass is 79.9. The smallest absolute Gasteiger partial charge is 0.242 e. The van der Waals surface area contributed by atoms with Gasteiger partial charge in [-0.1, -0.05) is 52.3 Å². The van der Waals surface area contributed by atoms with Crippen LogP contribution >= 0.6 is 15.9 Å². The molecule has 0 aliphatic carbocycles. The lowest BCUT2D eigenvalue weighted by molar-refractivity contribution is -0.140. The number of hydrogen-bond acceptors (Lipinski definition) is 2. The van der Waals surface area contributed by atoms with Crippen LogP contribution in [0.4, 0.5) is 0 Å². The van der Waals surface area contributed by atoms with E-state index in [0.717, 1.165) is 21.2 Å². The normalized spacial score (nSPS) is 11.7. The molecule has 0 spiro atoms. The lowest BCUT2D eigenvalue weighted by Gasteiger charge is -2.29. The molecule has 26 heavy (non-hydrogen) atoms. The Balaban J connectivity index is 2.23. The van der Waals surface area contributed by atoms with Gasteiger partial charge in [-0.2, -0.15) is 0 Å². The van der Waals surface area contributed by atoms with Gasteiger partial charge < -0.3 is 10.2 Å². The van der Waals surface area contributed by atoms with Crippen LogP contribution in [0.2, 0.25) is 0 Å². The van der Waals surface area contributed by atoms with Crippen LogP contribution in [0.15, 0.2) is 53.0 Å². The van der Waals surface area contributed by atoms with Crippen molar-refractivity contribution < 1.29 is 9.59 Å². The Morgan fingerprint density at radius 1 is 1.12 bits per heavy atom. The fraction of sp³-hybridized carbons (Fsp3) is 0.333. The topological polar surface area (TPSA) is 49.4 Å². The maximum absolute atomic E-state index is 13.0. The van der Waals surface area contributed by atoms with Crippen molar-refractivity contribution in [3.05, 3.63) is 69.7 Å². The summed E-state index contributed by atoms with van der Waals surface area (Å²) in [6.45, 7) is 6.59. The van der Waals surface area contributed by atoms with Crippen LogP contribution in [0, 0.1) is 6.92 Å². The van der Waals surface area contributed by atoms with Gasteiger partial charge in [0.25, 0.3) is 0 Å². The van der Waals surface area contributed by atoms with Crippen LogP contribution in [-0.4, -0.2) is 29.3 Å². The Morgan fingerprint density at radius 2 is 1.77 bits per heavy atom. The molecule has 0 aliphatic heterocycles. The molecule has 138 valence electrons. The Labute approximate surface area is 163 Å². The zero-order valence-corrected chi connectivity index (χ0v) is 17.0. The van der Waals surface area contributed by atoms with E-state index in [0.29, 0.717) is 13.1 Å². The summed E-state index contributed by atoms with van der Waals surface area (Å²) in [4.78, 5) is 27.0. The van der Waals surface area contributed by atoms with E-state index in [1.54, 1.807) is 11.8 Å². The van der Waals surface area contributed by atoms with Gasteiger partial charge in [-0.05, 0) is 49.6 Å². The standard InChI is InChI=1S/C21H25BrN2O2/c1-4-23-21(26)16(3)24(14-17-9-11-19(22)12-10-17)20(25)13-18-8-6-5-7-15(18)2/h5-12,16H,4,13-14H2,1-3H3,(H,23,26). The van der Waals surface area contributed by atoms with E-state index in [1.165, 1.54) is 0 Å². The molecule has 1 N–H and O–H groups in total. The quantitative estimate of drug-likeness (QED) is 0.744. The van der Waals surface area contributed by atoms with E-state index in [-0.39, 0.29) is 18.2 Å². The summed E-state index contributed by atoms with van der Waals surface area (Å²) < 4.78 is 0.982. The molecule has 2 aromatic rings. The molecular weight excluding hydrogens is 392 g/mol. The molecule has 1 unspecified atom stereocenters. The summed E-state index contributed by atoms with van der Waals surface area (Å²) in [5.41, 5.74) is 3.05. The van der Waals surface area contributed by atoms with Crippen LogP contribution in [0.25, 0.3) is 0 Å². The molecule has 0 aromatic heterocycles. The first kappa shape index (κ1) is 20.2. The number of rotatable bonds is 7. The summed E-state index contributed by atoms with van der Waals surface area (Å²) in [6.07, 6.45) is 0.285. The number of carbonyl (C=O) groups is 2. The van der Waals surface area contributed by atoms with Crippen molar-refractivity contribution in [3.63, 3.8) is 0 Å². The second kappa shape index (κ2) is 9.53.